The Kier molecular flexibility index (Phi) is 10.2. The second-order valence-electron chi connectivity index (χ2n) is 6.66. The van der Waals surface area contributed by atoms with Crippen molar-refractivity contribution in [2.45, 2.75) is 25.4 Å². The molecule has 4 N–H and O–H groups in total. The quantitative estimate of drug-likeness (QED) is 0.182. The summed E-state index contributed by atoms with van der Waals surface area (Å²) in [7, 11) is 0. The number of carbonyl (C=O) groups is 2. The van der Waals surface area contributed by atoms with Crippen molar-refractivity contribution in [2.75, 3.05) is 18.5 Å². The predicted octanol–water partition coefficient (Wildman–Crippen LogP) is 3.45. The van der Waals surface area contributed by atoms with Crippen LogP contribution < -0.4 is 15.5 Å². The van der Waals surface area contributed by atoms with Gasteiger partial charge in [-0.25, -0.2) is 10.3 Å². The molecule has 0 aliphatic carbocycles. The maximum atomic E-state index is 12.5. The summed E-state index contributed by atoms with van der Waals surface area (Å²) in [5.41, 5.74) is 3.20. The number of unbranched alkanes of at least 4 members (excludes halogenated alkanes) is 1. The molecule has 32 heavy (non-hydrogen) atoms. The lowest BCUT2D eigenvalue weighted by Crippen LogP contribution is -2.18. The van der Waals surface area contributed by atoms with E-state index in [1.54, 1.807) is 54.6 Å². The lowest BCUT2D eigenvalue weighted by molar-refractivity contribution is -0.124. The fraction of sp³-hybridized carbons (Fsp3) is 0.261. The highest BCUT2D eigenvalue weighted by atomic mass is 16.6. The highest BCUT2D eigenvalue weighted by molar-refractivity contribution is 5.86. The van der Waals surface area contributed by atoms with Crippen molar-refractivity contribution in [1.82, 2.24) is 5.48 Å². The molecule has 2 amide bonds. The van der Waals surface area contributed by atoms with Crippen molar-refractivity contribution in [3.8, 4) is 11.8 Å². The number of rotatable bonds is 11. The van der Waals surface area contributed by atoms with E-state index in [1.807, 2.05) is 6.07 Å². The van der Waals surface area contributed by atoms with Crippen molar-refractivity contribution in [3.63, 3.8) is 0 Å². The Bertz CT molecular complexity index is 953. The maximum Gasteiger partial charge on any atom is 0.412 e. The van der Waals surface area contributed by atoms with Crippen LogP contribution in [0.3, 0.4) is 0 Å². The van der Waals surface area contributed by atoms with Crippen LogP contribution in [0.4, 0.5) is 10.5 Å². The van der Waals surface area contributed by atoms with Gasteiger partial charge in [-0.05, 0) is 61.2 Å². The van der Waals surface area contributed by atoms with Crippen LogP contribution in [0, 0.1) is 11.3 Å². The van der Waals surface area contributed by atoms with Gasteiger partial charge < -0.3 is 14.6 Å². The zero-order chi connectivity index (χ0) is 23.2. The number of anilines is 1. The van der Waals surface area contributed by atoms with E-state index >= 15 is 0 Å². The molecule has 0 saturated heterocycles. The third-order valence-corrected chi connectivity index (χ3v) is 4.32. The smallest absolute Gasteiger partial charge is 0.412 e. The number of hydroxylamine groups is 1. The Labute approximate surface area is 185 Å². The normalized spacial score (nSPS) is 11.4. The molecule has 1 atom stereocenters. The molecule has 0 aliphatic heterocycles. The van der Waals surface area contributed by atoms with Crippen LogP contribution in [0.15, 0.2) is 60.7 Å². The van der Waals surface area contributed by atoms with Crippen molar-refractivity contribution >= 4 is 17.7 Å². The van der Waals surface area contributed by atoms with Crippen LogP contribution in [0.2, 0.25) is 0 Å². The van der Waals surface area contributed by atoms with Crippen molar-refractivity contribution in [3.05, 3.63) is 71.8 Å². The van der Waals surface area contributed by atoms with Crippen LogP contribution >= 0.6 is 0 Å². The van der Waals surface area contributed by atoms with Crippen LogP contribution in [0.1, 0.15) is 36.5 Å². The topological polar surface area (TPSA) is 141 Å². The van der Waals surface area contributed by atoms with E-state index in [9.17, 15) is 9.59 Å². The summed E-state index contributed by atoms with van der Waals surface area (Å²) in [4.78, 5) is 23.5. The minimum Gasteiger partial charge on any atom is -0.491 e. The number of nitrogens with zero attached hydrogens (tertiary/aromatic N) is 1. The van der Waals surface area contributed by atoms with Crippen LogP contribution in [0.25, 0.3) is 0 Å². The molecule has 0 aromatic heterocycles. The number of nitriles is 1. The number of ether oxygens (including phenoxy) is 2. The maximum absolute atomic E-state index is 12.5. The molecule has 0 spiro atoms. The monoisotopic (exact) mass is 439 g/mol. The number of hydrogen-bond acceptors (Lipinski definition) is 7. The van der Waals surface area contributed by atoms with Gasteiger partial charge in [-0.1, -0.05) is 18.2 Å². The van der Waals surface area contributed by atoms with E-state index in [0.29, 0.717) is 41.8 Å². The van der Waals surface area contributed by atoms with Crippen molar-refractivity contribution in [1.29, 1.82) is 5.26 Å². The summed E-state index contributed by atoms with van der Waals surface area (Å²) in [6.07, 6.45) is 3.19. The average Bonchev–Trinajstić information content (AvgIpc) is 2.82. The molecule has 168 valence electrons. The molecule has 0 saturated carbocycles. The summed E-state index contributed by atoms with van der Waals surface area (Å²) >= 11 is 0. The number of benzene rings is 2. The Morgan fingerprint density at radius 3 is 2.66 bits per heavy atom. The second-order valence-corrected chi connectivity index (χ2v) is 6.66. The first-order valence-electron chi connectivity index (χ1n) is 9.97. The van der Waals surface area contributed by atoms with Crippen LogP contribution in [0.5, 0.6) is 5.75 Å². The molecule has 0 heterocycles. The van der Waals surface area contributed by atoms with E-state index < -0.39 is 18.1 Å². The molecular weight excluding hydrogens is 414 g/mol. The third-order valence-electron chi connectivity index (χ3n) is 4.32. The summed E-state index contributed by atoms with van der Waals surface area (Å²) in [6.45, 7) is 0.0246. The molecule has 9 heteroatoms. The standard InChI is InChI=1S/C23H25N3O6/c24-16-17-9-11-19(12-10-17)25-23(29)32-21(7-2-1-3-8-22(28)26-30)18-5-4-6-20(15-18)31-14-13-27/h3-6,8-12,15,21,27,30H,1-2,7,13-14H2,(H,25,29)(H,26,28)/b8-3+/t21-/m1/s1. The molecular formula is C23H25N3O6. The number of carbonyl (C=O) groups excluding carboxylic acids is 2. The van der Waals surface area contributed by atoms with Crippen molar-refractivity contribution < 1.29 is 29.4 Å². The molecule has 2 aromatic rings. The summed E-state index contributed by atoms with van der Waals surface area (Å²) < 4.78 is 11.1. The Morgan fingerprint density at radius 2 is 1.97 bits per heavy atom. The molecule has 0 aliphatic rings. The zero-order valence-electron chi connectivity index (χ0n) is 17.4. The second kappa shape index (κ2) is 13.4. The largest absolute Gasteiger partial charge is 0.491 e. The lowest BCUT2D eigenvalue weighted by Gasteiger charge is -2.19. The number of aliphatic hydroxyl groups is 1. The van der Waals surface area contributed by atoms with Gasteiger partial charge in [-0.2, -0.15) is 5.26 Å². The number of hydrogen-bond donors (Lipinski definition) is 4. The molecule has 0 bridgehead atoms. The first kappa shape index (κ1) is 24.4. The van der Waals surface area contributed by atoms with Gasteiger partial charge >= 0.3 is 6.09 Å². The van der Waals surface area contributed by atoms with Gasteiger partial charge in [0.1, 0.15) is 18.5 Å². The van der Waals surface area contributed by atoms with Gasteiger partial charge in [0.25, 0.3) is 5.91 Å². The molecule has 9 nitrogen and oxygen atoms in total. The minimum absolute atomic E-state index is 0.120. The fourth-order valence-corrected chi connectivity index (χ4v) is 2.82. The summed E-state index contributed by atoms with van der Waals surface area (Å²) in [5, 5.41) is 29.0. The van der Waals surface area contributed by atoms with Gasteiger partial charge in [0.2, 0.25) is 0 Å². The molecule has 0 radical (unpaired) electrons. The van der Waals surface area contributed by atoms with E-state index in [1.165, 1.54) is 11.6 Å². The first-order valence-corrected chi connectivity index (χ1v) is 9.97. The van der Waals surface area contributed by atoms with E-state index in [0.717, 1.165) is 0 Å². The molecule has 0 unspecified atom stereocenters. The van der Waals surface area contributed by atoms with Gasteiger partial charge in [-0.15, -0.1) is 0 Å². The highest BCUT2D eigenvalue weighted by Crippen LogP contribution is 2.27. The Morgan fingerprint density at radius 1 is 1.19 bits per heavy atom. The summed E-state index contributed by atoms with van der Waals surface area (Å²) in [6, 6.07) is 15.4. The molecule has 2 rings (SSSR count). The first-order chi connectivity index (χ1) is 15.5. The Hall–Kier alpha value is -3.87. The Balaban J connectivity index is 2.06. The average molecular weight is 439 g/mol. The number of nitrogens with one attached hydrogen (secondary N) is 2. The van der Waals surface area contributed by atoms with E-state index in [4.69, 9.17) is 25.0 Å². The highest BCUT2D eigenvalue weighted by Gasteiger charge is 2.17. The van der Waals surface area contributed by atoms with Gasteiger partial charge in [-0.3, -0.25) is 15.3 Å². The third kappa shape index (κ3) is 8.47. The van der Waals surface area contributed by atoms with Gasteiger partial charge in [0.05, 0.1) is 18.2 Å². The predicted molar refractivity (Wildman–Crippen MR) is 116 cm³/mol. The lowest BCUT2D eigenvalue weighted by atomic mass is 10.0. The van der Waals surface area contributed by atoms with E-state index in [2.05, 4.69) is 5.32 Å². The molecule has 2 aromatic carbocycles. The molecule has 0 fully saturated rings. The fourth-order valence-electron chi connectivity index (χ4n) is 2.82. The van der Waals surface area contributed by atoms with Crippen LogP contribution in [-0.4, -0.2) is 35.5 Å². The number of aliphatic hydroxyl groups excluding tert-OH is 1. The van der Waals surface area contributed by atoms with E-state index in [-0.39, 0.29) is 13.2 Å². The van der Waals surface area contributed by atoms with Gasteiger partial charge in [0.15, 0.2) is 0 Å². The van der Waals surface area contributed by atoms with Crippen LogP contribution in [-0.2, 0) is 9.53 Å². The SMILES string of the molecule is N#Cc1ccc(NC(=O)O[C@H](CCC/C=C/C(=O)NO)c2cccc(OCCO)c2)cc1. The zero-order valence-corrected chi connectivity index (χ0v) is 17.4. The number of allylic oxidation sites excluding steroid dienone is 1. The minimum atomic E-state index is -0.656. The number of amides is 2. The summed E-state index contributed by atoms with van der Waals surface area (Å²) in [5.74, 6) is -0.0782. The van der Waals surface area contributed by atoms with Crippen molar-refractivity contribution in [2.24, 2.45) is 0 Å². The van der Waals surface area contributed by atoms with Gasteiger partial charge in [0, 0.05) is 11.8 Å².